The molecule has 8 nitrogen and oxygen atoms in total. The van der Waals surface area contributed by atoms with Gasteiger partial charge in [0.25, 0.3) is 5.56 Å². The lowest BCUT2D eigenvalue weighted by molar-refractivity contribution is -0.139. The maximum absolute atomic E-state index is 13.8. The summed E-state index contributed by atoms with van der Waals surface area (Å²) in [5.74, 6) is 0.640. The molecule has 0 saturated heterocycles. The number of benzene rings is 2. The summed E-state index contributed by atoms with van der Waals surface area (Å²) < 4.78 is 18.2. The number of fused-ring (bicyclic) bond motifs is 2. The van der Waals surface area contributed by atoms with Gasteiger partial charge in [-0.1, -0.05) is 35.1 Å². The average molecular weight is 526 g/mol. The van der Waals surface area contributed by atoms with Gasteiger partial charge in [0, 0.05) is 25.8 Å². The van der Waals surface area contributed by atoms with Gasteiger partial charge in [-0.25, -0.2) is 9.79 Å². The second-order valence-electron chi connectivity index (χ2n) is 8.52. The fourth-order valence-corrected chi connectivity index (χ4v) is 5.49. The molecule has 10 heteroatoms. The Hall–Kier alpha value is -3.56. The van der Waals surface area contributed by atoms with Crippen molar-refractivity contribution in [2.45, 2.75) is 19.9 Å². The highest BCUT2D eigenvalue weighted by molar-refractivity contribution is 7.07. The fourth-order valence-electron chi connectivity index (χ4n) is 4.25. The molecule has 0 radical (unpaired) electrons. The van der Waals surface area contributed by atoms with E-state index in [-0.39, 0.29) is 19.0 Å². The number of hydrogen-bond acceptors (Lipinski definition) is 8. The van der Waals surface area contributed by atoms with Crippen LogP contribution in [-0.2, 0) is 9.53 Å². The summed E-state index contributed by atoms with van der Waals surface area (Å²) in [4.78, 5) is 33.9. The van der Waals surface area contributed by atoms with Crippen molar-refractivity contribution in [1.29, 1.82) is 0 Å². The molecule has 0 saturated carbocycles. The average Bonchev–Trinajstić information content (AvgIpc) is 3.42. The van der Waals surface area contributed by atoms with E-state index in [0.717, 1.165) is 11.3 Å². The molecule has 0 amide bonds. The summed E-state index contributed by atoms with van der Waals surface area (Å²) in [6.45, 7) is 3.85. The molecule has 2 aliphatic rings. The van der Waals surface area contributed by atoms with Crippen LogP contribution in [0.15, 0.2) is 57.5 Å². The number of aromatic nitrogens is 1. The monoisotopic (exact) mass is 525 g/mol. The van der Waals surface area contributed by atoms with E-state index >= 15 is 0 Å². The zero-order valence-electron chi connectivity index (χ0n) is 20.2. The van der Waals surface area contributed by atoms with Crippen LogP contribution in [0.25, 0.3) is 6.08 Å². The maximum atomic E-state index is 13.8. The number of halogens is 1. The van der Waals surface area contributed by atoms with Gasteiger partial charge >= 0.3 is 5.97 Å². The van der Waals surface area contributed by atoms with E-state index in [1.54, 1.807) is 36.6 Å². The summed E-state index contributed by atoms with van der Waals surface area (Å²) in [7, 11) is 3.90. The van der Waals surface area contributed by atoms with E-state index < -0.39 is 12.0 Å². The van der Waals surface area contributed by atoms with Crippen LogP contribution in [0.5, 0.6) is 11.5 Å². The molecule has 1 unspecified atom stereocenters. The topological polar surface area (TPSA) is 82.4 Å². The van der Waals surface area contributed by atoms with Gasteiger partial charge in [-0.2, -0.15) is 0 Å². The van der Waals surface area contributed by atoms with Crippen molar-refractivity contribution in [3.05, 3.63) is 83.5 Å². The second kappa shape index (κ2) is 9.48. The van der Waals surface area contributed by atoms with Crippen LogP contribution in [0.1, 0.15) is 31.0 Å². The van der Waals surface area contributed by atoms with E-state index in [1.165, 1.54) is 11.3 Å². The van der Waals surface area contributed by atoms with Crippen molar-refractivity contribution in [3.8, 4) is 11.5 Å². The largest absolute Gasteiger partial charge is 0.463 e. The van der Waals surface area contributed by atoms with Crippen molar-refractivity contribution in [2.24, 2.45) is 4.99 Å². The predicted molar refractivity (Wildman–Crippen MR) is 139 cm³/mol. The summed E-state index contributed by atoms with van der Waals surface area (Å²) in [5, 5.41) is 0.435. The van der Waals surface area contributed by atoms with Gasteiger partial charge in [-0.15, -0.1) is 0 Å². The summed E-state index contributed by atoms with van der Waals surface area (Å²) in [5.41, 5.74) is 3.00. The normalized spacial score (nSPS) is 16.6. The first-order chi connectivity index (χ1) is 17.3. The van der Waals surface area contributed by atoms with Gasteiger partial charge in [-0.05, 0) is 49.2 Å². The van der Waals surface area contributed by atoms with Crippen LogP contribution in [-0.4, -0.2) is 38.0 Å². The lowest BCUT2D eigenvalue weighted by Crippen LogP contribution is -2.39. The molecule has 2 aromatic carbocycles. The molecule has 1 aromatic heterocycles. The standard InChI is InChI=1S/C26H24ClN3O5S/c1-5-33-25(32)22-14(2)28-26-30(23(22)15-6-8-17(9-7-15)29(3)4)24(31)21(36-26)11-16-10-19-20(12-18(16)27)35-13-34-19/h6-12,23H,5,13H2,1-4H3. The molecule has 0 fully saturated rings. The van der Waals surface area contributed by atoms with Crippen molar-refractivity contribution in [1.82, 2.24) is 4.57 Å². The zero-order valence-corrected chi connectivity index (χ0v) is 21.8. The third-order valence-electron chi connectivity index (χ3n) is 6.02. The number of thiazole rings is 1. The van der Waals surface area contributed by atoms with E-state index in [2.05, 4.69) is 4.99 Å². The molecule has 186 valence electrons. The lowest BCUT2D eigenvalue weighted by Gasteiger charge is -2.25. The molecule has 3 aromatic rings. The molecular weight excluding hydrogens is 502 g/mol. The molecular formula is C26H24ClN3O5S. The van der Waals surface area contributed by atoms with Gasteiger partial charge in [0.15, 0.2) is 16.3 Å². The molecule has 36 heavy (non-hydrogen) atoms. The summed E-state index contributed by atoms with van der Waals surface area (Å²) in [6, 6.07) is 10.5. The van der Waals surface area contributed by atoms with Gasteiger partial charge < -0.3 is 19.1 Å². The first-order valence-electron chi connectivity index (χ1n) is 11.3. The number of ether oxygens (including phenoxy) is 3. The first-order valence-corrected chi connectivity index (χ1v) is 12.5. The number of nitrogens with zero attached hydrogens (tertiary/aromatic N) is 3. The number of hydrogen-bond donors (Lipinski definition) is 0. The van der Waals surface area contributed by atoms with Crippen molar-refractivity contribution < 1.29 is 19.0 Å². The minimum Gasteiger partial charge on any atom is -0.463 e. The van der Waals surface area contributed by atoms with Crippen LogP contribution < -0.4 is 29.3 Å². The highest BCUT2D eigenvalue weighted by Crippen LogP contribution is 2.37. The Morgan fingerprint density at radius 3 is 2.61 bits per heavy atom. The fraction of sp³-hybridized carbons (Fsp3) is 0.269. The van der Waals surface area contributed by atoms with Crippen LogP contribution >= 0.6 is 22.9 Å². The SMILES string of the molecule is CCOC(=O)C1=C(C)N=c2sc(=Cc3cc4c(cc3Cl)OCO4)c(=O)n2C1c1ccc(N(C)C)cc1. The van der Waals surface area contributed by atoms with Crippen LogP contribution in [0, 0.1) is 0 Å². The molecule has 0 spiro atoms. The minimum atomic E-state index is -0.675. The highest BCUT2D eigenvalue weighted by Gasteiger charge is 2.33. The Kier molecular flexibility index (Phi) is 6.36. The minimum absolute atomic E-state index is 0.125. The number of carbonyl (C=O) groups is 1. The molecule has 3 heterocycles. The third-order valence-corrected chi connectivity index (χ3v) is 7.33. The second-order valence-corrected chi connectivity index (χ2v) is 9.93. The number of anilines is 1. The Balaban J connectivity index is 1.69. The van der Waals surface area contributed by atoms with Gasteiger partial charge in [0.05, 0.1) is 33.5 Å². The van der Waals surface area contributed by atoms with Crippen molar-refractivity contribution in [2.75, 3.05) is 32.4 Å². The molecule has 0 N–H and O–H groups in total. The Morgan fingerprint density at radius 2 is 1.94 bits per heavy atom. The maximum Gasteiger partial charge on any atom is 0.338 e. The highest BCUT2D eigenvalue weighted by atomic mass is 35.5. The molecule has 0 aliphatic carbocycles. The predicted octanol–water partition coefficient (Wildman–Crippen LogP) is 3.25. The van der Waals surface area contributed by atoms with Crippen LogP contribution in [0.4, 0.5) is 5.69 Å². The van der Waals surface area contributed by atoms with Gasteiger partial charge in [0.2, 0.25) is 6.79 Å². The van der Waals surface area contributed by atoms with E-state index in [4.69, 9.17) is 25.8 Å². The van der Waals surface area contributed by atoms with Crippen LogP contribution in [0.3, 0.4) is 0 Å². The molecule has 1 atom stereocenters. The number of rotatable bonds is 5. The van der Waals surface area contributed by atoms with Gasteiger partial charge in [0.1, 0.15) is 0 Å². The number of esters is 1. The molecule has 5 rings (SSSR count). The molecule has 2 aliphatic heterocycles. The summed E-state index contributed by atoms with van der Waals surface area (Å²) in [6.07, 6.45) is 1.71. The van der Waals surface area contributed by atoms with E-state index in [0.29, 0.717) is 42.7 Å². The number of allylic oxidation sites excluding steroid dienone is 1. The lowest BCUT2D eigenvalue weighted by atomic mass is 9.95. The third kappa shape index (κ3) is 4.18. The number of carbonyl (C=O) groups excluding carboxylic acids is 1. The Bertz CT molecular complexity index is 1570. The zero-order chi connectivity index (χ0) is 25.6. The van der Waals surface area contributed by atoms with E-state index in [1.807, 2.05) is 43.3 Å². The molecule has 0 bridgehead atoms. The summed E-state index contributed by atoms with van der Waals surface area (Å²) >= 11 is 7.70. The smallest absolute Gasteiger partial charge is 0.338 e. The quantitative estimate of drug-likeness (QED) is 0.476. The van der Waals surface area contributed by atoms with Crippen molar-refractivity contribution >= 4 is 40.7 Å². The first kappa shape index (κ1) is 24.1. The van der Waals surface area contributed by atoms with Crippen LogP contribution in [0.2, 0.25) is 5.02 Å². The van der Waals surface area contributed by atoms with Gasteiger partial charge in [-0.3, -0.25) is 9.36 Å². The Labute approximate surface area is 216 Å². The van der Waals surface area contributed by atoms with Crippen molar-refractivity contribution in [3.63, 3.8) is 0 Å². The Morgan fingerprint density at radius 1 is 1.25 bits per heavy atom. The van der Waals surface area contributed by atoms with E-state index in [9.17, 15) is 9.59 Å².